The number of piperidine rings is 1. The molecule has 0 radical (unpaired) electrons. The van der Waals surface area contributed by atoms with E-state index in [0.717, 1.165) is 29.4 Å². The van der Waals surface area contributed by atoms with Crippen molar-refractivity contribution in [3.8, 4) is 17.6 Å². The standard InChI is InChI=1S/C35H32N6O5/c1-40-15-3-8-29(40)28-17-23-19-36-31(18-27(23)37-28)38-33(43)22-9-11-24(12-10-22)46-16-4-6-21-5-2-7-25-26(21)20-41(35(25)45)30-13-14-32(42)39-34(30)44/h2,5,7,9-12,17-19,29-30,37H,3,8,13-16,20H2,1H3,(H,36,38,43)(H,39,42,44)/t29-,30?/m1/s1. The number of imide groups is 1. The van der Waals surface area contributed by atoms with E-state index in [-0.39, 0.29) is 37.3 Å². The van der Waals surface area contributed by atoms with E-state index in [1.54, 1.807) is 42.6 Å². The lowest BCUT2D eigenvalue weighted by Crippen LogP contribution is -2.52. The van der Waals surface area contributed by atoms with Gasteiger partial charge in [0.05, 0.1) is 5.52 Å². The smallest absolute Gasteiger partial charge is 0.256 e. The van der Waals surface area contributed by atoms with Crippen LogP contribution in [0.2, 0.25) is 0 Å². The number of anilines is 1. The van der Waals surface area contributed by atoms with E-state index in [4.69, 9.17) is 4.74 Å². The average molecular weight is 617 g/mol. The normalized spacial score (nSPS) is 19.5. The Labute approximate surface area is 265 Å². The van der Waals surface area contributed by atoms with Crippen molar-refractivity contribution in [3.05, 3.63) is 88.7 Å². The summed E-state index contributed by atoms with van der Waals surface area (Å²) in [4.78, 5) is 61.6. The van der Waals surface area contributed by atoms with Gasteiger partial charge in [-0.25, -0.2) is 4.98 Å². The fraction of sp³-hybridized carbons (Fsp3) is 0.286. The van der Waals surface area contributed by atoms with Crippen LogP contribution in [0.25, 0.3) is 10.9 Å². The molecule has 2 fully saturated rings. The number of carbonyl (C=O) groups is 4. The molecule has 0 saturated carbocycles. The van der Waals surface area contributed by atoms with Gasteiger partial charge in [-0.05, 0) is 80.9 Å². The van der Waals surface area contributed by atoms with Gasteiger partial charge in [0, 0.05) is 59.0 Å². The van der Waals surface area contributed by atoms with Crippen molar-refractivity contribution >= 4 is 40.3 Å². The van der Waals surface area contributed by atoms with Crippen molar-refractivity contribution in [1.82, 2.24) is 25.1 Å². The van der Waals surface area contributed by atoms with Crippen molar-refractivity contribution in [2.45, 2.75) is 44.3 Å². The van der Waals surface area contributed by atoms with E-state index in [1.807, 2.05) is 12.1 Å². The molecule has 1 unspecified atom stereocenters. The zero-order valence-corrected chi connectivity index (χ0v) is 25.3. The molecule has 2 saturated heterocycles. The number of carbonyl (C=O) groups excluding carboxylic acids is 4. The van der Waals surface area contributed by atoms with Crippen LogP contribution in [-0.4, -0.2) is 69.6 Å². The van der Waals surface area contributed by atoms with Crippen LogP contribution in [0.1, 0.15) is 69.3 Å². The topological polar surface area (TPSA) is 137 Å². The predicted molar refractivity (Wildman–Crippen MR) is 170 cm³/mol. The molecular formula is C35H32N6O5. The van der Waals surface area contributed by atoms with Crippen LogP contribution in [-0.2, 0) is 16.1 Å². The SMILES string of the molecule is CN1CCC[C@@H]1c1cc2cnc(NC(=O)c3ccc(OCC#Cc4cccc5c4CN(C4CCC(=O)NC4=O)C5=O)cc3)cc2[nH]1. The number of amides is 4. The Morgan fingerprint density at radius 3 is 2.72 bits per heavy atom. The number of aromatic amines is 1. The molecule has 3 aliphatic rings. The summed E-state index contributed by atoms with van der Waals surface area (Å²) < 4.78 is 5.77. The third kappa shape index (κ3) is 5.71. The van der Waals surface area contributed by atoms with Crippen molar-refractivity contribution in [2.24, 2.45) is 0 Å². The maximum absolute atomic E-state index is 13.0. The largest absolute Gasteiger partial charge is 0.481 e. The molecular weight excluding hydrogens is 584 g/mol. The van der Waals surface area contributed by atoms with E-state index in [1.165, 1.54) is 17.0 Å². The van der Waals surface area contributed by atoms with E-state index in [9.17, 15) is 19.2 Å². The summed E-state index contributed by atoms with van der Waals surface area (Å²) in [7, 11) is 2.14. The number of pyridine rings is 1. The molecule has 4 aromatic rings. The Morgan fingerprint density at radius 2 is 1.93 bits per heavy atom. The van der Waals surface area contributed by atoms with Gasteiger partial charge in [-0.3, -0.25) is 29.4 Å². The van der Waals surface area contributed by atoms with Crippen LogP contribution in [0.15, 0.2) is 60.8 Å². The highest BCUT2D eigenvalue weighted by Crippen LogP contribution is 2.32. The molecule has 11 nitrogen and oxygen atoms in total. The number of nitrogens with zero attached hydrogens (tertiary/aromatic N) is 3. The summed E-state index contributed by atoms with van der Waals surface area (Å²) in [5.74, 6) is 5.81. The molecule has 0 spiro atoms. The van der Waals surface area contributed by atoms with Crippen LogP contribution < -0.4 is 15.4 Å². The zero-order chi connectivity index (χ0) is 31.8. The first kappa shape index (κ1) is 29.3. The number of rotatable bonds is 6. The highest BCUT2D eigenvalue weighted by molar-refractivity contribution is 6.06. The second-order valence-electron chi connectivity index (χ2n) is 11.8. The zero-order valence-electron chi connectivity index (χ0n) is 25.3. The third-order valence-electron chi connectivity index (χ3n) is 8.88. The van der Waals surface area contributed by atoms with Gasteiger partial charge in [0.25, 0.3) is 11.8 Å². The van der Waals surface area contributed by atoms with E-state index in [0.29, 0.717) is 40.7 Å². The number of likely N-dealkylation sites (tertiary alicyclic amines) is 1. The van der Waals surface area contributed by atoms with Crippen LogP contribution in [0.3, 0.4) is 0 Å². The molecule has 232 valence electrons. The molecule has 4 amide bonds. The molecule has 3 aliphatic heterocycles. The number of fused-ring (bicyclic) bond motifs is 2. The number of ether oxygens (including phenoxy) is 1. The quantitative estimate of drug-likeness (QED) is 0.222. The number of hydrogen-bond acceptors (Lipinski definition) is 7. The monoisotopic (exact) mass is 616 g/mol. The van der Waals surface area contributed by atoms with Crippen molar-refractivity contribution < 1.29 is 23.9 Å². The Kier molecular flexibility index (Phi) is 7.72. The fourth-order valence-electron chi connectivity index (χ4n) is 6.44. The first-order chi connectivity index (χ1) is 22.3. The molecule has 5 heterocycles. The molecule has 2 aromatic carbocycles. The van der Waals surface area contributed by atoms with Crippen LogP contribution >= 0.6 is 0 Å². The van der Waals surface area contributed by atoms with Crippen molar-refractivity contribution in [2.75, 3.05) is 25.5 Å². The van der Waals surface area contributed by atoms with Gasteiger partial charge < -0.3 is 19.9 Å². The van der Waals surface area contributed by atoms with E-state index in [2.05, 4.69) is 50.5 Å². The highest BCUT2D eigenvalue weighted by atomic mass is 16.5. The Bertz CT molecular complexity index is 1940. The number of benzene rings is 2. The minimum atomic E-state index is -0.678. The summed E-state index contributed by atoms with van der Waals surface area (Å²) in [6, 6.07) is 15.8. The first-order valence-electron chi connectivity index (χ1n) is 15.3. The molecule has 2 atom stereocenters. The lowest BCUT2D eigenvalue weighted by Gasteiger charge is -2.29. The van der Waals surface area contributed by atoms with Gasteiger partial charge >= 0.3 is 0 Å². The number of nitrogens with one attached hydrogen (secondary N) is 3. The molecule has 0 bridgehead atoms. The summed E-state index contributed by atoms with van der Waals surface area (Å²) >= 11 is 0. The fourth-order valence-corrected chi connectivity index (χ4v) is 6.44. The molecule has 3 N–H and O–H groups in total. The van der Waals surface area contributed by atoms with Gasteiger partial charge in [0.15, 0.2) is 0 Å². The van der Waals surface area contributed by atoms with Crippen LogP contribution in [0, 0.1) is 11.8 Å². The Hall–Kier alpha value is -5.47. The molecule has 7 rings (SSSR count). The van der Waals surface area contributed by atoms with Gasteiger partial charge in [-0.2, -0.15) is 0 Å². The molecule has 0 aliphatic carbocycles. The summed E-state index contributed by atoms with van der Waals surface area (Å²) in [6.45, 7) is 1.44. The average Bonchev–Trinajstić information content (AvgIpc) is 3.76. The van der Waals surface area contributed by atoms with Crippen molar-refractivity contribution in [1.29, 1.82) is 0 Å². The molecule has 46 heavy (non-hydrogen) atoms. The molecule has 2 aromatic heterocycles. The van der Waals surface area contributed by atoms with Gasteiger partial charge in [0.2, 0.25) is 11.8 Å². The number of hydrogen-bond donors (Lipinski definition) is 3. The molecule has 11 heteroatoms. The first-order valence-corrected chi connectivity index (χ1v) is 15.3. The Balaban J connectivity index is 0.951. The maximum atomic E-state index is 13.0. The van der Waals surface area contributed by atoms with Crippen LogP contribution in [0.5, 0.6) is 5.75 Å². The third-order valence-corrected chi connectivity index (χ3v) is 8.88. The predicted octanol–water partition coefficient (Wildman–Crippen LogP) is 3.77. The van der Waals surface area contributed by atoms with E-state index >= 15 is 0 Å². The summed E-state index contributed by atoms with van der Waals surface area (Å²) in [5, 5.41) is 6.20. The lowest BCUT2D eigenvalue weighted by molar-refractivity contribution is -0.136. The summed E-state index contributed by atoms with van der Waals surface area (Å²) in [6.07, 6.45) is 4.58. The number of H-pyrrole nitrogens is 1. The Morgan fingerprint density at radius 1 is 1.09 bits per heavy atom. The number of aromatic nitrogens is 2. The van der Waals surface area contributed by atoms with Crippen LogP contribution in [0.4, 0.5) is 5.82 Å². The second kappa shape index (κ2) is 12.1. The van der Waals surface area contributed by atoms with Gasteiger partial charge in [-0.15, -0.1) is 0 Å². The van der Waals surface area contributed by atoms with Crippen molar-refractivity contribution in [3.63, 3.8) is 0 Å². The van der Waals surface area contributed by atoms with Gasteiger partial charge in [0.1, 0.15) is 24.2 Å². The lowest BCUT2D eigenvalue weighted by atomic mass is 10.0. The second-order valence-corrected chi connectivity index (χ2v) is 11.8. The van der Waals surface area contributed by atoms with Gasteiger partial charge in [-0.1, -0.05) is 17.9 Å². The highest BCUT2D eigenvalue weighted by Gasteiger charge is 2.39. The minimum absolute atomic E-state index is 0.0960. The van der Waals surface area contributed by atoms with E-state index < -0.39 is 11.9 Å². The minimum Gasteiger partial charge on any atom is -0.481 e. The summed E-state index contributed by atoms with van der Waals surface area (Å²) in [5.41, 5.74) is 4.52. The maximum Gasteiger partial charge on any atom is 0.256 e.